The summed E-state index contributed by atoms with van der Waals surface area (Å²) in [5.74, 6) is 0. The van der Waals surface area contributed by atoms with E-state index >= 15 is 0 Å². The number of hydrogen-bond donors (Lipinski definition) is 0. The normalized spacial score (nSPS) is 12.3. The summed E-state index contributed by atoms with van der Waals surface area (Å²) in [5.41, 5.74) is 2.12. The van der Waals surface area contributed by atoms with Gasteiger partial charge >= 0.3 is 0 Å². The van der Waals surface area contributed by atoms with Gasteiger partial charge in [-0.3, -0.25) is 4.99 Å². The molecule has 0 unspecified atom stereocenters. The minimum atomic E-state index is 0.623. The Morgan fingerprint density at radius 1 is 1.30 bits per heavy atom. The Balaban J connectivity index is 2.03. The molecule has 0 saturated carbocycles. The molecule has 0 saturated heterocycles. The molecular formula is C17H17N3S3. The van der Waals surface area contributed by atoms with Crippen LogP contribution in [0.4, 0.5) is 0 Å². The van der Waals surface area contributed by atoms with Crippen LogP contribution in [0.2, 0.25) is 0 Å². The summed E-state index contributed by atoms with van der Waals surface area (Å²) in [6.07, 6.45) is 1.90. The molecule has 23 heavy (non-hydrogen) atoms. The first kappa shape index (κ1) is 16.1. The van der Waals surface area contributed by atoms with Crippen molar-refractivity contribution < 1.29 is 0 Å². The maximum atomic E-state index is 4.68. The monoisotopic (exact) mass is 359 g/mol. The molecule has 0 atom stereocenters. The van der Waals surface area contributed by atoms with Crippen molar-refractivity contribution in [2.45, 2.75) is 13.8 Å². The molecule has 3 rings (SSSR count). The number of thiazole rings is 1. The van der Waals surface area contributed by atoms with Crippen LogP contribution in [-0.4, -0.2) is 17.4 Å². The van der Waals surface area contributed by atoms with E-state index < -0.39 is 0 Å². The quantitative estimate of drug-likeness (QED) is 0.453. The largest absolute Gasteiger partial charge is 0.253 e. The van der Waals surface area contributed by atoms with Crippen LogP contribution in [0.5, 0.6) is 0 Å². The maximum Gasteiger partial charge on any atom is 0.206 e. The van der Waals surface area contributed by atoms with E-state index in [1.165, 1.54) is 9.75 Å². The van der Waals surface area contributed by atoms with E-state index in [0.29, 0.717) is 6.54 Å². The number of aromatic nitrogens is 1. The molecule has 3 nitrogen and oxygen atoms in total. The van der Waals surface area contributed by atoms with Gasteiger partial charge in [-0.05, 0) is 37.4 Å². The molecule has 0 aromatic carbocycles. The third-order valence-corrected chi connectivity index (χ3v) is 5.69. The van der Waals surface area contributed by atoms with Crippen molar-refractivity contribution in [1.29, 1.82) is 0 Å². The van der Waals surface area contributed by atoms with Gasteiger partial charge in [-0.1, -0.05) is 18.2 Å². The van der Waals surface area contributed by atoms with Crippen molar-refractivity contribution in [2.75, 3.05) is 6.54 Å². The number of rotatable bonds is 5. The van der Waals surface area contributed by atoms with Gasteiger partial charge in [0.15, 0.2) is 0 Å². The second kappa shape index (κ2) is 7.21. The highest BCUT2D eigenvalue weighted by molar-refractivity contribution is 7.14. The summed E-state index contributed by atoms with van der Waals surface area (Å²) in [7, 11) is 0. The smallest absolute Gasteiger partial charge is 0.206 e. The first-order chi connectivity index (χ1) is 11.1. The van der Waals surface area contributed by atoms with Gasteiger partial charge in [0.1, 0.15) is 0 Å². The molecule has 0 aliphatic heterocycles. The zero-order valence-corrected chi connectivity index (χ0v) is 15.5. The fourth-order valence-electron chi connectivity index (χ4n) is 1.95. The molecule has 6 heteroatoms. The Morgan fingerprint density at radius 3 is 2.83 bits per heavy atom. The lowest BCUT2D eigenvalue weighted by molar-refractivity contribution is 0.838. The second-order valence-electron chi connectivity index (χ2n) is 5.16. The molecule has 0 spiro atoms. The Bertz CT molecular complexity index is 892. The van der Waals surface area contributed by atoms with E-state index in [-0.39, 0.29) is 0 Å². The average Bonchev–Trinajstić information content (AvgIpc) is 3.23. The van der Waals surface area contributed by atoms with Crippen LogP contribution >= 0.6 is 34.0 Å². The lowest BCUT2D eigenvalue weighted by Crippen LogP contribution is -2.12. The zero-order valence-electron chi connectivity index (χ0n) is 13.0. The van der Waals surface area contributed by atoms with E-state index in [1.807, 2.05) is 17.8 Å². The summed E-state index contributed by atoms with van der Waals surface area (Å²) < 4.78 is 1.93. The Morgan fingerprint density at radius 2 is 2.17 bits per heavy atom. The van der Waals surface area contributed by atoms with Gasteiger partial charge in [0.05, 0.1) is 23.3 Å². The molecule has 3 aromatic rings. The van der Waals surface area contributed by atoms with Gasteiger partial charge in [0.25, 0.3) is 0 Å². The summed E-state index contributed by atoms with van der Waals surface area (Å²) in [5, 5.41) is 8.87. The zero-order chi connectivity index (χ0) is 16.2. The number of thiophene rings is 2. The Hall–Kier alpha value is -1.76. The molecule has 3 aromatic heterocycles. The SMILES string of the molecule is C=C(C)CN=c1scc(-c2cccs2)n1N=Cc1ccc(C)s1. The van der Waals surface area contributed by atoms with Crippen molar-refractivity contribution in [2.24, 2.45) is 10.1 Å². The number of nitrogens with zero attached hydrogens (tertiary/aromatic N) is 3. The van der Waals surface area contributed by atoms with Gasteiger partial charge in [0, 0.05) is 15.1 Å². The van der Waals surface area contributed by atoms with E-state index in [2.05, 4.69) is 58.6 Å². The third kappa shape index (κ3) is 3.96. The van der Waals surface area contributed by atoms with E-state index in [0.717, 1.165) is 20.9 Å². The van der Waals surface area contributed by atoms with Gasteiger partial charge in [-0.15, -0.1) is 34.0 Å². The molecule has 0 amide bonds. The highest BCUT2D eigenvalue weighted by Gasteiger charge is 2.08. The van der Waals surface area contributed by atoms with Crippen molar-refractivity contribution in [3.63, 3.8) is 0 Å². The lowest BCUT2D eigenvalue weighted by atomic mass is 10.4. The van der Waals surface area contributed by atoms with Crippen LogP contribution in [0.15, 0.2) is 57.3 Å². The summed E-state index contributed by atoms with van der Waals surface area (Å²) >= 11 is 5.05. The standard InChI is InChI=1S/C17H17N3S3/c1-12(2)9-18-17-20(19-10-14-7-6-13(3)23-14)15(11-22-17)16-5-4-8-21-16/h4-8,10-11H,1,9H2,2-3H3. The molecule has 0 aliphatic rings. The van der Waals surface area contributed by atoms with E-state index in [1.54, 1.807) is 34.0 Å². The fraction of sp³-hybridized carbons (Fsp3) is 0.176. The average molecular weight is 360 g/mol. The van der Waals surface area contributed by atoms with Crippen molar-refractivity contribution in [3.8, 4) is 10.6 Å². The predicted octanol–water partition coefficient (Wildman–Crippen LogP) is 5.01. The van der Waals surface area contributed by atoms with Crippen LogP contribution in [0.25, 0.3) is 10.6 Å². The van der Waals surface area contributed by atoms with Gasteiger partial charge in [-0.25, -0.2) is 4.68 Å². The summed E-state index contributed by atoms with van der Waals surface area (Å²) in [6.45, 7) is 8.63. The third-order valence-electron chi connectivity index (χ3n) is 3.00. The van der Waals surface area contributed by atoms with Gasteiger partial charge < -0.3 is 0 Å². The predicted molar refractivity (Wildman–Crippen MR) is 103 cm³/mol. The minimum absolute atomic E-state index is 0.623. The second-order valence-corrected chi connectivity index (χ2v) is 8.26. The van der Waals surface area contributed by atoms with Crippen molar-refractivity contribution in [1.82, 2.24) is 4.68 Å². The van der Waals surface area contributed by atoms with Crippen molar-refractivity contribution in [3.05, 3.63) is 61.7 Å². The minimum Gasteiger partial charge on any atom is -0.253 e. The first-order valence-electron chi connectivity index (χ1n) is 7.13. The highest BCUT2D eigenvalue weighted by atomic mass is 32.1. The topological polar surface area (TPSA) is 29.6 Å². The molecule has 0 bridgehead atoms. The number of hydrogen-bond acceptors (Lipinski definition) is 5. The highest BCUT2D eigenvalue weighted by Crippen LogP contribution is 2.25. The molecule has 0 aliphatic carbocycles. The van der Waals surface area contributed by atoms with Crippen LogP contribution in [0.1, 0.15) is 16.7 Å². The van der Waals surface area contributed by atoms with Crippen LogP contribution < -0.4 is 4.80 Å². The summed E-state index contributed by atoms with van der Waals surface area (Å²) in [6, 6.07) is 8.36. The van der Waals surface area contributed by atoms with Crippen LogP contribution in [0, 0.1) is 6.92 Å². The molecule has 0 radical (unpaired) electrons. The molecule has 118 valence electrons. The van der Waals surface area contributed by atoms with E-state index in [9.17, 15) is 0 Å². The molecule has 3 heterocycles. The fourth-order valence-corrected chi connectivity index (χ4v) is 4.33. The van der Waals surface area contributed by atoms with Crippen molar-refractivity contribution >= 4 is 40.2 Å². The van der Waals surface area contributed by atoms with Crippen LogP contribution in [-0.2, 0) is 0 Å². The first-order valence-corrected chi connectivity index (χ1v) is 9.71. The molecular weight excluding hydrogens is 342 g/mol. The maximum absolute atomic E-state index is 4.68. The number of aryl methyl sites for hydroxylation is 1. The Kier molecular flexibility index (Phi) is 5.05. The molecule has 0 N–H and O–H groups in total. The van der Waals surface area contributed by atoms with Crippen LogP contribution in [0.3, 0.4) is 0 Å². The summed E-state index contributed by atoms with van der Waals surface area (Å²) in [4.78, 5) is 9.14. The molecule has 0 fully saturated rings. The van der Waals surface area contributed by atoms with Gasteiger partial charge in [0.2, 0.25) is 4.80 Å². The lowest BCUT2D eigenvalue weighted by Gasteiger charge is -2.00. The Labute approximate surface area is 147 Å². The van der Waals surface area contributed by atoms with E-state index in [4.69, 9.17) is 0 Å². The van der Waals surface area contributed by atoms with Gasteiger partial charge in [-0.2, -0.15) is 5.10 Å².